The van der Waals surface area contributed by atoms with E-state index in [-0.39, 0.29) is 30.4 Å². The number of fused-ring (bicyclic) bond motifs is 1. The Hall–Kier alpha value is -4.53. The SMILES string of the molecule is CC(=O)OCc1ccc(Cn2c(=O)c3cc(C(=O)NCc4ccncc4)ccc3n(C)c2=O)cc1. The minimum absolute atomic E-state index is 0.0633. The monoisotopic (exact) mass is 472 g/mol. The van der Waals surface area contributed by atoms with Gasteiger partial charge in [-0.2, -0.15) is 0 Å². The van der Waals surface area contributed by atoms with Crippen LogP contribution in [0.15, 0.2) is 76.6 Å². The van der Waals surface area contributed by atoms with Gasteiger partial charge in [0.15, 0.2) is 0 Å². The highest BCUT2D eigenvalue weighted by atomic mass is 16.5. The summed E-state index contributed by atoms with van der Waals surface area (Å²) in [5.41, 5.74) is 2.27. The van der Waals surface area contributed by atoms with Crippen molar-refractivity contribution in [2.75, 3.05) is 0 Å². The summed E-state index contributed by atoms with van der Waals surface area (Å²) in [6.45, 7) is 1.88. The lowest BCUT2D eigenvalue weighted by Crippen LogP contribution is -2.39. The van der Waals surface area contributed by atoms with Crippen molar-refractivity contribution in [2.45, 2.75) is 26.6 Å². The van der Waals surface area contributed by atoms with E-state index < -0.39 is 11.2 Å². The van der Waals surface area contributed by atoms with Gasteiger partial charge in [0, 0.05) is 38.5 Å². The number of nitrogens with one attached hydrogen (secondary N) is 1. The number of pyridine rings is 1. The third-order valence-corrected chi connectivity index (χ3v) is 5.62. The number of aromatic nitrogens is 3. The van der Waals surface area contributed by atoms with Gasteiger partial charge >= 0.3 is 11.7 Å². The van der Waals surface area contributed by atoms with Crippen LogP contribution in [0.25, 0.3) is 10.9 Å². The average Bonchev–Trinajstić information content (AvgIpc) is 2.88. The van der Waals surface area contributed by atoms with E-state index in [2.05, 4.69) is 10.3 Å². The molecule has 0 unspecified atom stereocenters. The van der Waals surface area contributed by atoms with Gasteiger partial charge in [-0.3, -0.25) is 28.5 Å². The number of benzene rings is 2. The summed E-state index contributed by atoms with van der Waals surface area (Å²) in [5, 5.41) is 3.10. The van der Waals surface area contributed by atoms with Gasteiger partial charge in [-0.1, -0.05) is 24.3 Å². The first-order valence-electron chi connectivity index (χ1n) is 11.0. The van der Waals surface area contributed by atoms with E-state index in [1.54, 1.807) is 68.0 Å². The van der Waals surface area contributed by atoms with E-state index in [1.807, 2.05) is 0 Å². The summed E-state index contributed by atoms with van der Waals surface area (Å²) in [6.07, 6.45) is 3.29. The lowest BCUT2D eigenvalue weighted by molar-refractivity contribution is -0.142. The molecule has 0 aliphatic rings. The highest BCUT2D eigenvalue weighted by Gasteiger charge is 2.14. The Morgan fingerprint density at radius 1 is 0.943 bits per heavy atom. The molecule has 1 N–H and O–H groups in total. The maximum atomic E-state index is 13.3. The van der Waals surface area contributed by atoms with E-state index in [4.69, 9.17) is 4.74 Å². The van der Waals surface area contributed by atoms with Crippen molar-refractivity contribution in [3.63, 3.8) is 0 Å². The number of carbonyl (C=O) groups excluding carboxylic acids is 2. The number of ether oxygens (including phenoxy) is 1. The highest BCUT2D eigenvalue weighted by Crippen LogP contribution is 2.12. The summed E-state index contributed by atoms with van der Waals surface area (Å²) in [7, 11) is 1.59. The zero-order valence-electron chi connectivity index (χ0n) is 19.4. The molecule has 0 fully saturated rings. The third-order valence-electron chi connectivity index (χ3n) is 5.62. The number of esters is 1. The van der Waals surface area contributed by atoms with E-state index in [9.17, 15) is 19.2 Å². The van der Waals surface area contributed by atoms with Gasteiger partial charge in [0.05, 0.1) is 17.4 Å². The fourth-order valence-corrected chi connectivity index (χ4v) is 3.69. The Morgan fingerprint density at radius 2 is 1.63 bits per heavy atom. The molecule has 0 spiro atoms. The second-order valence-corrected chi connectivity index (χ2v) is 8.10. The van der Waals surface area contributed by atoms with Gasteiger partial charge in [-0.15, -0.1) is 0 Å². The van der Waals surface area contributed by atoms with Crippen LogP contribution in [-0.4, -0.2) is 26.0 Å². The molecule has 2 heterocycles. The second kappa shape index (κ2) is 10.2. The Morgan fingerprint density at radius 3 is 2.31 bits per heavy atom. The molecule has 9 heteroatoms. The minimum Gasteiger partial charge on any atom is -0.461 e. The van der Waals surface area contributed by atoms with E-state index in [0.717, 1.165) is 21.3 Å². The summed E-state index contributed by atoms with van der Waals surface area (Å²) in [4.78, 5) is 53.8. The van der Waals surface area contributed by atoms with Crippen LogP contribution in [0.4, 0.5) is 0 Å². The molecule has 2 aromatic carbocycles. The van der Waals surface area contributed by atoms with Crippen LogP contribution in [0.2, 0.25) is 0 Å². The predicted octanol–water partition coefficient (Wildman–Crippen LogP) is 2.14. The molecule has 4 aromatic rings. The topological polar surface area (TPSA) is 112 Å². The molecule has 0 saturated heterocycles. The smallest absolute Gasteiger partial charge is 0.331 e. The van der Waals surface area contributed by atoms with Crippen LogP contribution in [-0.2, 0) is 36.3 Å². The quantitative estimate of drug-likeness (QED) is 0.413. The zero-order valence-corrected chi connectivity index (χ0v) is 19.4. The van der Waals surface area contributed by atoms with Crippen LogP contribution in [0.1, 0.15) is 34.0 Å². The van der Waals surface area contributed by atoms with Crippen molar-refractivity contribution >= 4 is 22.8 Å². The zero-order chi connectivity index (χ0) is 24.9. The largest absolute Gasteiger partial charge is 0.461 e. The molecular weight excluding hydrogens is 448 g/mol. The Balaban J connectivity index is 1.61. The van der Waals surface area contributed by atoms with Crippen molar-refractivity contribution < 1.29 is 14.3 Å². The standard InChI is InChI=1S/C26H24N4O5/c1-17(31)35-16-20-5-3-19(4-6-20)15-30-25(33)22-13-21(7-8-23(22)29(2)26(30)34)24(32)28-14-18-9-11-27-12-10-18/h3-13H,14-16H2,1-2H3,(H,28,32). The van der Waals surface area contributed by atoms with Crippen molar-refractivity contribution in [3.05, 3.63) is 110 Å². The molecule has 0 bridgehead atoms. The Bertz CT molecular complexity index is 1510. The fourth-order valence-electron chi connectivity index (χ4n) is 3.69. The molecule has 178 valence electrons. The molecule has 9 nitrogen and oxygen atoms in total. The molecule has 0 aliphatic carbocycles. The van der Waals surface area contributed by atoms with E-state index in [0.29, 0.717) is 17.6 Å². The molecule has 0 saturated carbocycles. The second-order valence-electron chi connectivity index (χ2n) is 8.10. The molecule has 35 heavy (non-hydrogen) atoms. The number of nitrogens with zero attached hydrogens (tertiary/aromatic N) is 3. The average molecular weight is 473 g/mol. The van der Waals surface area contributed by atoms with Crippen molar-refractivity contribution in [3.8, 4) is 0 Å². The van der Waals surface area contributed by atoms with Crippen molar-refractivity contribution in [1.82, 2.24) is 19.4 Å². The number of rotatable bonds is 7. The molecule has 0 radical (unpaired) electrons. The van der Waals surface area contributed by atoms with Crippen molar-refractivity contribution in [2.24, 2.45) is 7.05 Å². The number of amides is 1. The number of carbonyl (C=O) groups is 2. The molecule has 2 aromatic heterocycles. The third kappa shape index (κ3) is 5.35. The first-order chi connectivity index (χ1) is 16.8. The maximum absolute atomic E-state index is 13.3. The molecule has 0 aliphatic heterocycles. The van der Waals surface area contributed by atoms with Gasteiger partial charge in [-0.05, 0) is 47.0 Å². The first-order valence-corrected chi connectivity index (χ1v) is 11.0. The molecule has 0 atom stereocenters. The molecule has 4 rings (SSSR count). The van der Waals surface area contributed by atoms with Gasteiger partial charge in [0.25, 0.3) is 11.5 Å². The highest BCUT2D eigenvalue weighted by molar-refractivity contribution is 5.97. The van der Waals surface area contributed by atoms with Gasteiger partial charge in [0.1, 0.15) is 6.61 Å². The van der Waals surface area contributed by atoms with Crippen LogP contribution in [0.3, 0.4) is 0 Å². The van der Waals surface area contributed by atoms with Crippen LogP contribution in [0.5, 0.6) is 0 Å². The van der Waals surface area contributed by atoms with Crippen LogP contribution < -0.4 is 16.6 Å². The Kier molecular flexibility index (Phi) is 6.86. The normalized spacial score (nSPS) is 10.8. The van der Waals surface area contributed by atoms with Gasteiger partial charge in [-0.25, -0.2) is 4.79 Å². The van der Waals surface area contributed by atoms with Gasteiger partial charge in [0.2, 0.25) is 0 Å². The number of aryl methyl sites for hydroxylation is 1. The van der Waals surface area contributed by atoms with Crippen LogP contribution in [0, 0.1) is 0 Å². The summed E-state index contributed by atoms with van der Waals surface area (Å²) < 4.78 is 7.51. The number of hydrogen-bond acceptors (Lipinski definition) is 6. The summed E-state index contributed by atoms with van der Waals surface area (Å²) in [6, 6.07) is 15.4. The lowest BCUT2D eigenvalue weighted by atomic mass is 10.1. The number of hydrogen-bond donors (Lipinski definition) is 1. The first kappa shape index (κ1) is 23.6. The summed E-state index contributed by atoms with van der Waals surface area (Å²) >= 11 is 0. The Labute approximate surface area is 200 Å². The summed E-state index contributed by atoms with van der Waals surface area (Å²) in [5.74, 6) is -0.697. The predicted molar refractivity (Wildman–Crippen MR) is 130 cm³/mol. The molecular formula is C26H24N4O5. The van der Waals surface area contributed by atoms with E-state index in [1.165, 1.54) is 17.6 Å². The maximum Gasteiger partial charge on any atom is 0.331 e. The van der Waals surface area contributed by atoms with Gasteiger partial charge < -0.3 is 10.1 Å². The van der Waals surface area contributed by atoms with Crippen molar-refractivity contribution in [1.29, 1.82) is 0 Å². The minimum atomic E-state index is -0.476. The lowest BCUT2D eigenvalue weighted by Gasteiger charge is -2.12. The van der Waals surface area contributed by atoms with E-state index >= 15 is 0 Å². The molecule has 1 amide bonds. The van der Waals surface area contributed by atoms with Crippen LogP contribution >= 0.6 is 0 Å². The fraction of sp³-hybridized carbons (Fsp3) is 0.192.